The van der Waals surface area contributed by atoms with E-state index in [1.165, 1.54) is 37.8 Å². The highest BCUT2D eigenvalue weighted by atomic mass is 79.9. The third kappa shape index (κ3) is 13.5. The summed E-state index contributed by atoms with van der Waals surface area (Å²) < 4.78 is 28.9. The van der Waals surface area contributed by atoms with Crippen molar-refractivity contribution in [1.29, 1.82) is 0 Å². The van der Waals surface area contributed by atoms with Crippen LogP contribution in [-0.4, -0.2) is 50.7 Å². The number of fused-ring (bicyclic) bond motifs is 1. The predicted molar refractivity (Wildman–Crippen MR) is 265 cm³/mol. The van der Waals surface area contributed by atoms with E-state index < -0.39 is 6.10 Å². The molecular weight excluding hydrogens is 929 g/mol. The highest BCUT2D eigenvalue weighted by molar-refractivity contribution is 9.10. The number of benzene rings is 3. The van der Waals surface area contributed by atoms with Gasteiger partial charge in [0.1, 0.15) is 18.5 Å². The maximum atomic E-state index is 10.9. The number of carbonyl (C=O) groups is 2. The van der Waals surface area contributed by atoms with Crippen LogP contribution in [0.4, 0.5) is 0 Å². The summed E-state index contributed by atoms with van der Waals surface area (Å²) in [5.74, 6) is 0. The number of carbonyl (C=O) groups excluding carboxylic acids is 2. The second-order valence-electron chi connectivity index (χ2n) is 15.3. The number of aryl methyl sites for hydroxylation is 5. The number of halogens is 1. The topological polar surface area (TPSA) is 101 Å². The fourth-order valence-electron chi connectivity index (χ4n) is 7.65. The fraction of sp³-hybridized carbons (Fsp3) is 0.385. The summed E-state index contributed by atoms with van der Waals surface area (Å²) >= 11 is 8.36. The molecule has 64 heavy (non-hydrogen) atoms. The Morgan fingerprint density at radius 1 is 0.641 bits per heavy atom. The lowest BCUT2D eigenvalue weighted by Gasteiger charge is -2.26. The van der Waals surface area contributed by atoms with Gasteiger partial charge in [0.25, 0.3) is 0 Å². The van der Waals surface area contributed by atoms with Gasteiger partial charge in [-0.2, -0.15) is 0 Å². The molecule has 3 aromatic carbocycles. The van der Waals surface area contributed by atoms with Crippen molar-refractivity contribution in [3.8, 4) is 0 Å². The van der Waals surface area contributed by atoms with Crippen LogP contribution >= 0.6 is 49.9 Å². The molecule has 0 amide bonds. The molecule has 1 N–H and O–H groups in total. The van der Waals surface area contributed by atoms with Crippen LogP contribution in [0.2, 0.25) is 0 Å². The Bertz CT molecular complexity index is 2350. The lowest BCUT2D eigenvalue weighted by atomic mass is 9.93. The van der Waals surface area contributed by atoms with Crippen molar-refractivity contribution < 1.29 is 38.4 Å². The van der Waals surface area contributed by atoms with Gasteiger partial charge in [-0.25, -0.2) is 0 Å². The zero-order valence-electron chi connectivity index (χ0n) is 36.6. The van der Waals surface area contributed by atoms with Crippen LogP contribution in [0.1, 0.15) is 142 Å². The van der Waals surface area contributed by atoms with Crippen molar-refractivity contribution in [2.45, 2.75) is 98.9 Å². The normalized spacial score (nSPS) is 16.2. The van der Waals surface area contributed by atoms with E-state index in [9.17, 15) is 14.7 Å². The molecule has 2 saturated heterocycles. The number of hydrogen-bond acceptors (Lipinski definition) is 11. The summed E-state index contributed by atoms with van der Waals surface area (Å²) in [5, 5.41) is 10.9. The molecule has 2 unspecified atom stereocenters. The first-order valence-corrected chi connectivity index (χ1v) is 24.8. The van der Waals surface area contributed by atoms with Gasteiger partial charge in [-0.3, -0.25) is 9.59 Å². The minimum absolute atomic E-state index is 0. The van der Waals surface area contributed by atoms with Crippen molar-refractivity contribution in [3.05, 3.63) is 169 Å². The maximum absolute atomic E-state index is 10.9. The first-order chi connectivity index (χ1) is 30.6. The molecule has 3 aromatic heterocycles. The molecule has 2 fully saturated rings. The number of aldehydes is 2. The Kier molecular flexibility index (Phi) is 20.8. The van der Waals surface area contributed by atoms with Crippen molar-refractivity contribution in [3.63, 3.8) is 0 Å². The first-order valence-electron chi connectivity index (χ1n) is 21.5. The quantitative estimate of drug-likeness (QED) is 0.128. The van der Waals surface area contributed by atoms with Crippen LogP contribution in [-0.2, 0) is 42.9 Å². The van der Waals surface area contributed by atoms with Gasteiger partial charge in [0.15, 0.2) is 18.9 Å². The molecule has 0 radical (unpaired) electrons. The van der Waals surface area contributed by atoms with Crippen LogP contribution in [0, 0.1) is 20.8 Å². The number of thiophene rings is 3. The van der Waals surface area contributed by atoms with Gasteiger partial charge >= 0.3 is 0 Å². The molecule has 0 saturated carbocycles. The number of aliphatic hydroxyl groups is 1. The lowest BCUT2D eigenvalue weighted by molar-refractivity contribution is -0.0415. The molecule has 3 aliphatic heterocycles. The third-order valence-corrected chi connectivity index (χ3v) is 15.0. The van der Waals surface area contributed by atoms with Gasteiger partial charge in [0, 0.05) is 24.7 Å². The molecule has 3 aliphatic rings. The fourth-order valence-corrected chi connectivity index (χ4v) is 11.1. The van der Waals surface area contributed by atoms with Gasteiger partial charge in [-0.1, -0.05) is 107 Å². The first kappa shape index (κ1) is 51.3. The molecule has 0 spiro atoms. The molecule has 0 aliphatic carbocycles. The maximum Gasteiger partial charge on any atom is 0.193 e. The van der Waals surface area contributed by atoms with E-state index >= 15 is 0 Å². The van der Waals surface area contributed by atoms with E-state index in [1.807, 2.05) is 74.5 Å². The van der Waals surface area contributed by atoms with E-state index in [4.69, 9.17) is 23.7 Å². The third-order valence-electron chi connectivity index (χ3n) is 10.8. The van der Waals surface area contributed by atoms with Gasteiger partial charge in [0.05, 0.1) is 47.7 Å². The Morgan fingerprint density at radius 3 is 1.83 bits per heavy atom. The highest BCUT2D eigenvalue weighted by Crippen LogP contribution is 2.39. The van der Waals surface area contributed by atoms with Crippen molar-refractivity contribution in [2.75, 3.05) is 33.0 Å². The van der Waals surface area contributed by atoms with E-state index in [0.717, 1.165) is 103 Å². The molecule has 342 valence electrons. The summed E-state index contributed by atoms with van der Waals surface area (Å²) in [4.78, 5) is 27.9. The second-order valence-corrected chi connectivity index (χ2v) is 20.0. The molecule has 0 bridgehead atoms. The number of aliphatic hydroxyl groups excluding tert-OH is 1. The zero-order valence-corrected chi connectivity index (χ0v) is 40.6. The number of hydrogen-bond donors (Lipinski definition) is 1. The van der Waals surface area contributed by atoms with Gasteiger partial charge in [0.2, 0.25) is 0 Å². The predicted octanol–water partition coefficient (Wildman–Crippen LogP) is 13.6. The SMILES string of the molecule is C.CCCc1ccccc1C(O)c1cc(C2OCCO2)sc1C.CCCc1ccccc1C=O.Cc1sc(C2OCCO2)cc1Br.Cc1sc(C=O)cc1C1OCCc2ccccc21. The smallest absolute Gasteiger partial charge is 0.193 e. The average molecular weight is 990 g/mol. The summed E-state index contributed by atoms with van der Waals surface area (Å²) in [6, 6.07) is 30.3. The Balaban J connectivity index is 0.000000166. The van der Waals surface area contributed by atoms with E-state index in [0.29, 0.717) is 26.4 Å². The largest absolute Gasteiger partial charge is 0.384 e. The molecular formula is C52H61BrO8S3. The van der Waals surface area contributed by atoms with Crippen LogP contribution in [0.25, 0.3) is 0 Å². The average Bonchev–Trinajstić information content (AvgIpc) is 4.18. The van der Waals surface area contributed by atoms with E-state index in [-0.39, 0.29) is 26.1 Å². The van der Waals surface area contributed by atoms with Crippen molar-refractivity contribution in [1.82, 2.24) is 0 Å². The Morgan fingerprint density at radius 2 is 1.22 bits per heavy atom. The van der Waals surface area contributed by atoms with Crippen LogP contribution in [0.5, 0.6) is 0 Å². The minimum atomic E-state index is -0.589. The summed E-state index contributed by atoms with van der Waals surface area (Å²) in [7, 11) is 0. The summed E-state index contributed by atoms with van der Waals surface area (Å²) in [6.07, 6.45) is 5.95. The molecule has 6 heterocycles. The number of ether oxygens (including phenoxy) is 5. The van der Waals surface area contributed by atoms with E-state index in [2.05, 4.69) is 67.0 Å². The van der Waals surface area contributed by atoms with Crippen LogP contribution in [0.3, 0.4) is 0 Å². The summed E-state index contributed by atoms with van der Waals surface area (Å²) in [6.45, 7) is 13.9. The molecule has 6 aromatic rings. The Labute approximate surface area is 399 Å². The lowest BCUT2D eigenvalue weighted by Crippen LogP contribution is -2.17. The minimum Gasteiger partial charge on any atom is -0.384 e. The molecule has 9 rings (SSSR count). The summed E-state index contributed by atoms with van der Waals surface area (Å²) in [5.41, 5.74) is 8.90. The standard InChI is InChI=1S/C18H22O3S.C15H14O2S.C10H12O.C8H9BrO2S.CH4/c1-3-6-13-7-4-5-8-14(13)17(19)15-11-16(22-12(15)2)18-20-9-10-21-18;1-10-14(8-12(9-16)18-10)15-13-5-3-2-4-11(13)6-7-17-15;1-2-5-9-6-3-4-7-10(9)8-11;1-5-6(9)4-7(12-5)8-10-2-3-11-8;/h4-5,7-8,11,17-19H,3,6,9-10H2,1-2H3;2-5,8-9,15H,6-7H2,1H3;3-4,6-8H,2,5H2,1H3;4,8H,2-3H2,1H3;1H4. The second kappa shape index (κ2) is 25.9. The molecule has 12 heteroatoms. The van der Waals surface area contributed by atoms with Crippen molar-refractivity contribution in [2.24, 2.45) is 0 Å². The Hall–Kier alpha value is -3.66. The van der Waals surface area contributed by atoms with Crippen LogP contribution in [0.15, 0.2) is 95.5 Å². The van der Waals surface area contributed by atoms with Gasteiger partial charge < -0.3 is 28.8 Å². The molecule has 8 nitrogen and oxygen atoms in total. The van der Waals surface area contributed by atoms with Gasteiger partial charge in [-0.05, 0) is 113 Å². The number of rotatable bonds is 11. The van der Waals surface area contributed by atoms with Crippen LogP contribution < -0.4 is 0 Å². The monoisotopic (exact) mass is 988 g/mol. The zero-order chi connectivity index (χ0) is 44.7. The molecule has 2 atom stereocenters. The van der Waals surface area contributed by atoms with Crippen molar-refractivity contribution >= 4 is 62.5 Å². The van der Waals surface area contributed by atoms with E-state index in [1.54, 1.807) is 22.7 Å². The van der Waals surface area contributed by atoms with Gasteiger partial charge in [-0.15, -0.1) is 34.0 Å². The highest BCUT2D eigenvalue weighted by Gasteiger charge is 2.26.